The van der Waals surface area contributed by atoms with Gasteiger partial charge in [-0.05, 0) is 24.3 Å². The third-order valence-corrected chi connectivity index (χ3v) is 7.21. The van der Waals surface area contributed by atoms with E-state index in [0.29, 0.717) is 5.82 Å². The van der Waals surface area contributed by atoms with Gasteiger partial charge in [0.1, 0.15) is 17.0 Å². The van der Waals surface area contributed by atoms with Crippen LogP contribution in [-0.2, 0) is 0 Å². The Bertz CT molecular complexity index is 2070. The first-order valence-electron chi connectivity index (χ1n) is 12.7. The summed E-state index contributed by atoms with van der Waals surface area (Å²) >= 11 is 0. The van der Waals surface area contributed by atoms with Gasteiger partial charge in [0.05, 0.1) is 16.7 Å². The van der Waals surface area contributed by atoms with Crippen molar-refractivity contribution in [2.24, 2.45) is 0 Å². The molecule has 0 atom stereocenters. The van der Waals surface area contributed by atoms with E-state index in [1.165, 1.54) is 0 Å². The van der Waals surface area contributed by atoms with Crippen molar-refractivity contribution in [3.05, 3.63) is 127 Å². The van der Waals surface area contributed by atoms with Crippen molar-refractivity contribution >= 4 is 43.7 Å². The second-order valence-corrected chi connectivity index (χ2v) is 9.48. The molecule has 4 heteroatoms. The molecule has 0 amide bonds. The first-order valence-corrected chi connectivity index (χ1v) is 12.7. The topological polar surface area (TPSA) is 43.9 Å². The van der Waals surface area contributed by atoms with E-state index in [1.54, 1.807) is 0 Å². The van der Waals surface area contributed by atoms with Crippen molar-refractivity contribution in [1.82, 2.24) is 14.5 Å². The van der Waals surface area contributed by atoms with Gasteiger partial charge in [0.2, 0.25) is 0 Å². The van der Waals surface area contributed by atoms with Crippen LogP contribution in [0, 0.1) is 0 Å². The highest BCUT2D eigenvalue weighted by Gasteiger charge is 2.18. The van der Waals surface area contributed by atoms with E-state index in [9.17, 15) is 0 Å². The summed E-state index contributed by atoms with van der Waals surface area (Å²) in [5.74, 6) is 1.53. The predicted molar refractivity (Wildman–Crippen MR) is 155 cm³/mol. The van der Waals surface area contributed by atoms with Crippen LogP contribution in [0.25, 0.3) is 72.2 Å². The average Bonchev–Trinajstić information content (AvgIpc) is 3.51. The summed E-state index contributed by atoms with van der Waals surface area (Å²) in [7, 11) is 0. The minimum Gasteiger partial charge on any atom is -0.456 e. The Morgan fingerprint density at radius 2 is 1.16 bits per heavy atom. The van der Waals surface area contributed by atoms with Crippen LogP contribution in [0.4, 0.5) is 0 Å². The van der Waals surface area contributed by atoms with Gasteiger partial charge in [0.25, 0.3) is 0 Å². The highest BCUT2D eigenvalue weighted by molar-refractivity contribution is 6.17. The number of para-hydroxylation sites is 2. The van der Waals surface area contributed by atoms with Crippen molar-refractivity contribution in [3.63, 3.8) is 0 Å². The Hall–Kier alpha value is -5.22. The fourth-order valence-electron chi connectivity index (χ4n) is 5.46. The van der Waals surface area contributed by atoms with Gasteiger partial charge in [-0.2, -0.15) is 0 Å². The lowest BCUT2D eigenvalue weighted by Gasteiger charge is -2.12. The number of benzene rings is 5. The minimum absolute atomic E-state index is 0.697. The second kappa shape index (κ2) is 8.15. The quantitative estimate of drug-likeness (QED) is 0.250. The van der Waals surface area contributed by atoms with E-state index in [1.807, 2.05) is 48.5 Å². The molecular formula is C34H21N3O. The maximum atomic E-state index is 6.24. The summed E-state index contributed by atoms with van der Waals surface area (Å²) in [6, 6.07) is 43.6. The molecule has 178 valence electrons. The molecule has 0 saturated carbocycles. The van der Waals surface area contributed by atoms with Gasteiger partial charge in [0, 0.05) is 38.7 Å². The van der Waals surface area contributed by atoms with Gasteiger partial charge in [0.15, 0.2) is 5.82 Å². The molecule has 0 aliphatic carbocycles. The number of fused-ring (bicyclic) bond motifs is 6. The fourth-order valence-corrected chi connectivity index (χ4v) is 5.46. The van der Waals surface area contributed by atoms with E-state index < -0.39 is 0 Å². The molecule has 0 radical (unpaired) electrons. The first kappa shape index (κ1) is 20.9. The second-order valence-electron chi connectivity index (χ2n) is 9.48. The van der Waals surface area contributed by atoms with Crippen LogP contribution in [0.5, 0.6) is 0 Å². The van der Waals surface area contributed by atoms with Gasteiger partial charge in [-0.3, -0.25) is 4.57 Å². The van der Waals surface area contributed by atoms with Crippen molar-refractivity contribution in [3.8, 4) is 28.5 Å². The number of rotatable bonds is 3. The Morgan fingerprint density at radius 1 is 0.474 bits per heavy atom. The first-order chi connectivity index (χ1) is 18.8. The summed E-state index contributed by atoms with van der Waals surface area (Å²) < 4.78 is 8.50. The number of nitrogens with zero attached hydrogens (tertiary/aromatic N) is 3. The molecule has 8 rings (SSSR count). The summed E-state index contributed by atoms with van der Waals surface area (Å²) in [6.07, 6.45) is 0. The van der Waals surface area contributed by atoms with Crippen LogP contribution < -0.4 is 0 Å². The molecule has 0 aliphatic rings. The lowest BCUT2D eigenvalue weighted by molar-refractivity contribution is 0.669. The number of hydrogen-bond acceptors (Lipinski definition) is 3. The Labute approximate surface area is 218 Å². The Kier molecular flexibility index (Phi) is 4.49. The number of furan rings is 1. The van der Waals surface area contributed by atoms with E-state index in [0.717, 1.165) is 66.4 Å². The molecule has 4 nitrogen and oxygen atoms in total. The zero-order valence-electron chi connectivity index (χ0n) is 20.4. The van der Waals surface area contributed by atoms with Crippen LogP contribution >= 0.6 is 0 Å². The zero-order chi connectivity index (χ0) is 25.1. The van der Waals surface area contributed by atoms with Crippen LogP contribution in [0.2, 0.25) is 0 Å². The van der Waals surface area contributed by atoms with Crippen molar-refractivity contribution in [2.45, 2.75) is 0 Å². The molecule has 0 saturated heterocycles. The monoisotopic (exact) mass is 487 g/mol. The molecule has 38 heavy (non-hydrogen) atoms. The SMILES string of the molecule is c1ccc(-c2cc(-n3c4ccccc4c4cc5oc6ccccc6c5cc43)nc(-c3ccccc3)n2)cc1. The van der Waals surface area contributed by atoms with Crippen LogP contribution in [-0.4, -0.2) is 14.5 Å². The molecular weight excluding hydrogens is 466 g/mol. The lowest BCUT2D eigenvalue weighted by atomic mass is 10.1. The predicted octanol–water partition coefficient (Wildman–Crippen LogP) is 8.81. The molecule has 0 bridgehead atoms. The third kappa shape index (κ3) is 3.17. The Morgan fingerprint density at radius 3 is 1.97 bits per heavy atom. The molecule has 0 N–H and O–H groups in total. The largest absolute Gasteiger partial charge is 0.456 e. The van der Waals surface area contributed by atoms with Gasteiger partial charge < -0.3 is 4.42 Å². The molecule has 5 aromatic carbocycles. The molecule has 0 fully saturated rings. The average molecular weight is 488 g/mol. The molecule has 0 unspecified atom stereocenters. The van der Waals surface area contributed by atoms with Crippen LogP contribution in [0.15, 0.2) is 132 Å². The smallest absolute Gasteiger partial charge is 0.162 e. The van der Waals surface area contributed by atoms with Crippen molar-refractivity contribution in [1.29, 1.82) is 0 Å². The van der Waals surface area contributed by atoms with E-state index in [2.05, 4.69) is 83.4 Å². The zero-order valence-corrected chi connectivity index (χ0v) is 20.4. The highest BCUT2D eigenvalue weighted by Crippen LogP contribution is 2.38. The summed E-state index contributed by atoms with van der Waals surface area (Å²) in [6.45, 7) is 0. The van der Waals surface area contributed by atoms with Gasteiger partial charge in [-0.25, -0.2) is 9.97 Å². The molecule has 3 aromatic heterocycles. The normalized spacial score (nSPS) is 11.7. The maximum Gasteiger partial charge on any atom is 0.162 e. The summed E-state index contributed by atoms with van der Waals surface area (Å²) in [4.78, 5) is 10.1. The van der Waals surface area contributed by atoms with Crippen molar-refractivity contribution < 1.29 is 4.42 Å². The van der Waals surface area contributed by atoms with E-state index >= 15 is 0 Å². The van der Waals surface area contributed by atoms with Crippen LogP contribution in [0.3, 0.4) is 0 Å². The van der Waals surface area contributed by atoms with Crippen LogP contribution in [0.1, 0.15) is 0 Å². The molecule has 3 heterocycles. The standard InChI is InChI=1S/C34H21N3O/c1-3-11-22(12-4-1)28-21-33(36-34(35-28)23-13-5-2-6-14-23)37-29-17-9-7-15-24(29)26-20-32-27(19-30(26)37)25-16-8-10-18-31(25)38-32/h1-21H. The lowest BCUT2D eigenvalue weighted by Crippen LogP contribution is -2.02. The number of aromatic nitrogens is 3. The van der Waals surface area contributed by atoms with Gasteiger partial charge >= 0.3 is 0 Å². The van der Waals surface area contributed by atoms with Gasteiger partial charge in [-0.15, -0.1) is 0 Å². The fraction of sp³-hybridized carbons (Fsp3) is 0. The number of hydrogen-bond donors (Lipinski definition) is 0. The highest BCUT2D eigenvalue weighted by atomic mass is 16.3. The molecule has 0 aliphatic heterocycles. The summed E-state index contributed by atoms with van der Waals surface area (Å²) in [5.41, 5.74) is 6.88. The summed E-state index contributed by atoms with van der Waals surface area (Å²) in [5, 5.41) is 4.50. The van der Waals surface area contributed by atoms with E-state index in [4.69, 9.17) is 14.4 Å². The Balaban J connectivity index is 1.49. The molecule has 0 spiro atoms. The third-order valence-electron chi connectivity index (χ3n) is 7.21. The van der Waals surface area contributed by atoms with Crippen molar-refractivity contribution in [2.75, 3.05) is 0 Å². The minimum atomic E-state index is 0.697. The van der Waals surface area contributed by atoms with E-state index in [-0.39, 0.29) is 0 Å². The maximum absolute atomic E-state index is 6.24. The van der Waals surface area contributed by atoms with Gasteiger partial charge in [-0.1, -0.05) is 97.1 Å². The molecule has 8 aromatic rings.